The molecule has 0 spiro atoms. The number of amides is 1. The van der Waals surface area contributed by atoms with Crippen LogP contribution in [0.25, 0.3) is 6.08 Å². The lowest BCUT2D eigenvalue weighted by molar-refractivity contribution is -0.389. The molecule has 18 heteroatoms. The normalized spacial score (nSPS) is 17.3. The number of hydrogen-bond acceptors (Lipinski definition) is 9. The minimum absolute atomic E-state index is 0.00156. The number of carboxylic acid groups (broad SMARTS) is 1. The van der Waals surface area contributed by atoms with E-state index in [1.807, 2.05) is 4.90 Å². The smallest absolute Gasteiger partial charge is 0.416 e. The number of β-amino-alcohol motifs (C(OH)–C–C–N with tert-alkyl or cyclic N) is 1. The van der Waals surface area contributed by atoms with E-state index in [0.29, 0.717) is 12.0 Å². The van der Waals surface area contributed by atoms with Gasteiger partial charge in [-0.05, 0) is 58.8 Å². The number of aromatic nitrogens is 2. The Kier molecular flexibility index (Phi) is 10.6. The number of benzene rings is 2. The van der Waals surface area contributed by atoms with Gasteiger partial charge in [0.2, 0.25) is 0 Å². The van der Waals surface area contributed by atoms with Gasteiger partial charge < -0.3 is 25.2 Å². The molecular formula is C28H28ClF3N6O7S. The molecule has 0 saturated carbocycles. The minimum Gasteiger partial charge on any atom is -0.465 e. The van der Waals surface area contributed by atoms with Crippen LogP contribution in [0.1, 0.15) is 24.5 Å². The van der Waals surface area contributed by atoms with E-state index < -0.39 is 45.1 Å². The van der Waals surface area contributed by atoms with Crippen LogP contribution in [0.15, 0.2) is 64.8 Å². The van der Waals surface area contributed by atoms with E-state index in [4.69, 9.17) is 11.6 Å². The van der Waals surface area contributed by atoms with Crippen molar-refractivity contribution in [1.29, 1.82) is 0 Å². The van der Waals surface area contributed by atoms with Crippen LogP contribution < -0.4 is 0 Å². The van der Waals surface area contributed by atoms with Gasteiger partial charge in [-0.25, -0.2) is 4.79 Å². The number of carbonyl (C=O) groups is 1. The molecule has 3 aromatic rings. The first kappa shape index (κ1) is 34.7. The highest BCUT2D eigenvalue weighted by Crippen LogP contribution is 2.40. The fraction of sp³-hybridized carbons (Fsp3) is 0.357. The summed E-state index contributed by atoms with van der Waals surface area (Å²) in [5.74, 6) is -0.547. The Hall–Kier alpha value is -4.19. The molecule has 0 unspecified atom stereocenters. The fourth-order valence-corrected chi connectivity index (χ4v) is 6.25. The minimum atomic E-state index is -4.46. The summed E-state index contributed by atoms with van der Waals surface area (Å²) in [7, 11) is 0. The van der Waals surface area contributed by atoms with Crippen LogP contribution in [0.2, 0.25) is 5.02 Å². The summed E-state index contributed by atoms with van der Waals surface area (Å²) in [5, 5.41) is 44.2. The predicted octanol–water partition coefficient (Wildman–Crippen LogP) is 6.04. The number of rotatable bonds is 11. The maximum absolute atomic E-state index is 12.9. The molecule has 46 heavy (non-hydrogen) atoms. The van der Waals surface area contributed by atoms with Gasteiger partial charge in [-0.15, -0.1) is 0 Å². The molecule has 0 bridgehead atoms. The van der Waals surface area contributed by atoms with Crippen LogP contribution in [-0.4, -0.2) is 83.3 Å². The van der Waals surface area contributed by atoms with Crippen LogP contribution in [0.4, 0.5) is 29.5 Å². The van der Waals surface area contributed by atoms with Gasteiger partial charge in [0.1, 0.15) is 11.1 Å². The molecule has 1 saturated heterocycles. The van der Waals surface area contributed by atoms with Crippen molar-refractivity contribution in [3.63, 3.8) is 0 Å². The van der Waals surface area contributed by atoms with Crippen molar-refractivity contribution >= 4 is 47.0 Å². The Morgan fingerprint density at radius 3 is 2.43 bits per heavy atom. The molecule has 2 N–H and O–H groups in total. The maximum atomic E-state index is 12.9. The van der Waals surface area contributed by atoms with Gasteiger partial charge in [-0.2, -0.15) is 13.2 Å². The summed E-state index contributed by atoms with van der Waals surface area (Å²) in [6.07, 6.45) is -0.844. The second-order valence-corrected chi connectivity index (χ2v) is 12.2. The Balaban J connectivity index is 1.53. The Morgan fingerprint density at radius 1 is 1.13 bits per heavy atom. The van der Waals surface area contributed by atoms with Crippen molar-refractivity contribution in [2.24, 2.45) is 0 Å². The average molecular weight is 685 g/mol. The highest BCUT2D eigenvalue weighted by molar-refractivity contribution is 7.99. The standard InChI is InChI=1S/C28H28ClF3N6O7S/c1-27(41,17-36-15-23(38(44)45)33-25(36)46-24-21(29)6-3-7-22(24)37(42)43)16-35-13-12-34(26(39)40)14-20(35)5-2-4-18-8-10-19(11-9-18)28(30,31)32/h2-4,6-11,15,20,41H,5,12-14,16-17H2,1H3,(H,39,40)/t20-,27-/m0/s1. The zero-order valence-electron chi connectivity index (χ0n) is 24.1. The second kappa shape index (κ2) is 14.1. The van der Waals surface area contributed by atoms with Gasteiger partial charge in [0, 0.05) is 38.3 Å². The zero-order valence-corrected chi connectivity index (χ0v) is 25.7. The van der Waals surface area contributed by atoms with Gasteiger partial charge in [-0.3, -0.25) is 19.6 Å². The van der Waals surface area contributed by atoms with Gasteiger partial charge >= 0.3 is 18.1 Å². The summed E-state index contributed by atoms with van der Waals surface area (Å²) in [6, 6.07) is 8.21. The lowest BCUT2D eigenvalue weighted by Gasteiger charge is -2.43. The van der Waals surface area contributed by atoms with Crippen LogP contribution in [0.5, 0.6) is 0 Å². The molecule has 2 heterocycles. The molecule has 2 aromatic carbocycles. The van der Waals surface area contributed by atoms with Crippen LogP contribution in [0.3, 0.4) is 0 Å². The summed E-state index contributed by atoms with van der Waals surface area (Å²) in [6.45, 7) is 1.76. The summed E-state index contributed by atoms with van der Waals surface area (Å²) >= 11 is 6.96. The van der Waals surface area contributed by atoms with E-state index in [2.05, 4.69) is 4.98 Å². The summed E-state index contributed by atoms with van der Waals surface area (Å²) in [5.41, 5.74) is -2.15. The number of hydrogen-bond donors (Lipinski definition) is 2. The Bertz CT molecular complexity index is 1630. The van der Waals surface area contributed by atoms with Gasteiger partial charge in [0.05, 0.1) is 27.7 Å². The van der Waals surface area contributed by atoms with Gasteiger partial charge in [0.15, 0.2) is 0 Å². The molecule has 1 aliphatic rings. The number of halogens is 4. The second-order valence-electron chi connectivity index (χ2n) is 10.8. The number of aliphatic hydroxyl groups is 1. The summed E-state index contributed by atoms with van der Waals surface area (Å²) in [4.78, 5) is 40.5. The number of alkyl halides is 3. The first-order valence-electron chi connectivity index (χ1n) is 13.6. The lowest BCUT2D eigenvalue weighted by Crippen LogP contribution is -2.58. The number of piperazine rings is 1. The van der Waals surface area contributed by atoms with Crippen molar-refractivity contribution in [3.05, 3.63) is 91.1 Å². The van der Waals surface area contributed by atoms with Gasteiger partial charge in [0.25, 0.3) is 10.8 Å². The third-order valence-corrected chi connectivity index (χ3v) is 8.71. The topological polar surface area (TPSA) is 168 Å². The van der Waals surface area contributed by atoms with Crippen LogP contribution in [-0.2, 0) is 12.7 Å². The van der Waals surface area contributed by atoms with E-state index >= 15 is 0 Å². The number of nitrogens with zero attached hydrogens (tertiary/aromatic N) is 6. The molecule has 4 rings (SSSR count). The maximum Gasteiger partial charge on any atom is 0.416 e. The molecule has 1 amide bonds. The van der Waals surface area contributed by atoms with E-state index in [1.165, 1.54) is 46.7 Å². The Morgan fingerprint density at radius 2 is 1.83 bits per heavy atom. The molecule has 246 valence electrons. The highest BCUT2D eigenvalue weighted by atomic mass is 35.5. The van der Waals surface area contributed by atoms with Crippen LogP contribution >= 0.6 is 23.4 Å². The molecule has 0 aliphatic carbocycles. The molecule has 1 aromatic heterocycles. The van der Waals surface area contributed by atoms with E-state index in [-0.39, 0.29) is 53.5 Å². The highest BCUT2D eigenvalue weighted by Gasteiger charge is 2.36. The summed E-state index contributed by atoms with van der Waals surface area (Å²) < 4.78 is 40.0. The van der Waals surface area contributed by atoms with E-state index in [0.717, 1.165) is 30.1 Å². The third-order valence-electron chi connectivity index (χ3n) is 7.14. The molecule has 1 fully saturated rings. The average Bonchev–Trinajstić information content (AvgIpc) is 3.36. The molecule has 2 atom stereocenters. The van der Waals surface area contributed by atoms with E-state index in [1.54, 1.807) is 12.2 Å². The van der Waals surface area contributed by atoms with Crippen molar-refractivity contribution in [1.82, 2.24) is 19.4 Å². The molecule has 1 aliphatic heterocycles. The first-order valence-corrected chi connectivity index (χ1v) is 14.8. The fourth-order valence-electron chi connectivity index (χ4n) is 5.00. The van der Waals surface area contributed by atoms with Gasteiger partial charge in [-0.1, -0.05) is 42.0 Å². The van der Waals surface area contributed by atoms with Crippen molar-refractivity contribution in [2.45, 2.75) is 47.8 Å². The Labute approximate surface area is 269 Å². The number of nitro benzene ring substituents is 1. The zero-order chi connectivity index (χ0) is 33.8. The third kappa shape index (κ3) is 8.74. The molecule has 0 radical (unpaired) electrons. The SMILES string of the molecule is C[C@](O)(CN1CCN(C(=O)O)C[C@@H]1CC=Cc1ccc(C(F)(F)F)cc1)Cn1cc([N+](=O)[O-])nc1Sc1c(Cl)cccc1[N+](=O)[O-]. The van der Waals surface area contributed by atoms with Crippen molar-refractivity contribution in [2.75, 3.05) is 26.2 Å². The largest absolute Gasteiger partial charge is 0.465 e. The number of imidazole rings is 1. The number of nitro groups is 2. The first-order chi connectivity index (χ1) is 21.5. The quantitative estimate of drug-likeness (QED) is 0.179. The molecular weight excluding hydrogens is 657 g/mol. The van der Waals surface area contributed by atoms with E-state index in [9.17, 15) is 48.4 Å². The van der Waals surface area contributed by atoms with Crippen LogP contribution in [0, 0.1) is 20.2 Å². The predicted molar refractivity (Wildman–Crippen MR) is 162 cm³/mol. The monoisotopic (exact) mass is 684 g/mol. The molecule has 13 nitrogen and oxygen atoms in total. The van der Waals surface area contributed by atoms with Crippen molar-refractivity contribution < 1.29 is 38.0 Å². The lowest BCUT2D eigenvalue weighted by atomic mass is 10.0. The van der Waals surface area contributed by atoms with Crippen molar-refractivity contribution in [3.8, 4) is 0 Å².